The lowest BCUT2D eigenvalue weighted by molar-refractivity contribution is 0.218. The number of nitrogens with one attached hydrogen (secondary N) is 3. The minimum Gasteiger partial charge on any atom is -0.368 e. The molecule has 2 aromatic heterocycles. The third kappa shape index (κ3) is 3.25. The van der Waals surface area contributed by atoms with Gasteiger partial charge in [-0.15, -0.1) is 11.3 Å². The molecule has 9 heteroatoms. The number of carbonyl (C=O) groups excluding carboxylic acids is 1. The van der Waals surface area contributed by atoms with Crippen LogP contribution in [0, 0.1) is 0 Å². The van der Waals surface area contributed by atoms with E-state index in [1.165, 1.54) is 16.2 Å². The molecule has 8 nitrogen and oxygen atoms in total. The molecule has 108 valence electrons. The monoisotopic (exact) mass is 295 g/mol. The number of thiophene rings is 1. The average molecular weight is 295 g/mol. The highest BCUT2D eigenvalue weighted by atomic mass is 32.1. The summed E-state index contributed by atoms with van der Waals surface area (Å²) < 4.78 is 0. The molecule has 0 bridgehead atoms. The van der Waals surface area contributed by atoms with Gasteiger partial charge in [0.25, 0.3) is 0 Å². The Hall–Kier alpha value is -2.13. The number of rotatable bonds is 5. The summed E-state index contributed by atoms with van der Waals surface area (Å²) in [5.74, 6) is 6.40. The fourth-order valence-corrected chi connectivity index (χ4v) is 2.33. The Morgan fingerprint density at radius 3 is 2.90 bits per heavy atom. The summed E-state index contributed by atoms with van der Waals surface area (Å²) in [7, 11) is 3.39. The molecule has 2 aromatic rings. The molecular weight excluding hydrogens is 278 g/mol. The van der Waals surface area contributed by atoms with Crippen molar-refractivity contribution in [3.8, 4) is 0 Å². The lowest BCUT2D eigenvalue weighted by atomic mass is 10.4. The van der Waals surface area contributed by atoms with Crippen molar-refractivity contribution in [1.82, 2.24) is 20.2 Å². The van der Waals surface area contributed by atoms with Crippen molar-refractivity contribution in [2.75, 3.05) is 37.9 Å². The highest BCUT2D eigenvalue weighted by molar-refractivity contribution is 7.16. The normalized spacial score (nSPS) is 10.3. The van der Waals surface area contributed by atoms with Gasteiger partial charge in [-0.25, -0.2) is 15.6 Å². The number of nitrogens with two attached hydrogens (primary N) is 1. The number of nitrogen functional groups attached to an aromatic ring is 1. The number of fused-ring (bicyclic) bond motifs is 1. The summed E-state index contributed by atoms with van der Waals surface area (Å²) in [5, 5.41) is 8.82. The van der Waals surface area contributed by atoms with E-state index in [1.807, 2.05) is 11.4 Å². The third-order valence-corrected chi connectivity index (χ3v) is 3.36. The summed E-state index contributed by atoms with van der Waals surface area (Å²) >= 11 is 1.52. The van der Waals surface area contributed by atoms with Crippen molar-refractivity contribution in [3.05, 3.63) is 11.4 Å². The maximum atomic E-state index is 11.4. The first kappa shape index (κ1) is 14.3. The topological polar surface area (TPSA) is 108 Å². The lowest BCUT2D eigenvalue weighted by Crippen LogP contribution is -2.37. The van der Waals surface area contributed by atoms with Gasteiger partial charge in [0.15, 0.2) is 0 Å². The molecule has 0 atom stereocenters. The van der Waals surface area contributed by atoms with Gasteiger partial charge >= 0.3 is 6.03 Å². The largest absolute Gasteiger partial charge is 0.368 e. The molecule has 0 spiro atoms. The Balaban J connectivity index is 1.99. The van der Waals surface area contributed by atoms with E-state index in [4.69, 9.17) is 5.84 Å². The van der Waals surface area contributed by atoms with Gasteiger partial charge < -0.3 is 15.5 Å². The van der Waals surface area contributed by atoms with Crippen molar-refractivity contribution in [3.63, 3.8) is 0 Å². The van der Waals surface area contributed by atoms with Gasteiger partial charge in [0.1, 0.15) is 10.6 Å². The number of hydrazine groups is 1. The molecule has 0 aromatic carbocycles. The zero-order valence-electron chi connectivity index (χ0n) is 11.3. The summed E-state index contributed by atoms with van der Waals surface area (Å²) in [5.41, 5.74) is 2.44. The molecule has 2 rings (SSSR count). The van der Waals surface area contributed by atoms with E-state index in [2.05, 4.69) is 26.0 Å². The van der Waals surface area contributed by atoms with Gasteiger partial charge in [-0.2, -0.15) is 4.98 Å². The van der Waals surface area contributed by atoms with Crippen LogP contribution >= 0.6 is 11.3 Å². The highest BCUT2D eigenvalue weighted by Crippen LogP contribution is 2.25. The van der Waals surface area contributed by atoms with Gasteiger partial charge in [-0.05, 0) is 11.4 Å². The maximum absolute atomic E-state index is 11.4. The van der Waals surface area contributed by atoms with Crippen LogP contribution in [0.4, 0.5) is 16.6 Å². The van der Waals surface area contributed by atoms with Crippen molar-refractivity contribution >= 4 is 39.4 Å². The Morgan fingerprint density at radius 1 is 1.40 bits per heavy atom. The van der Waals surface area contributed by atoms with E-state index < -0.39 is 0 Å². The lowest BCUT2D eigenvalue weighted by Gasteiger charge is -2.13. The van der Waals surface area contributed by atoms with Crippen LogP contribution in [0.5, 0.6) is 0 Å². The first-order valence-corrected chi connectivity index (χ1v) is 6.90. The van der Waals surface area contributed by atoms with E-state index in [0.29, 0.717) is 24.9 Å². The van der Waals surface area contributed by atoms with Crippen molar-refractivity contribution in [2.24, 2.45) is 5.84 Å². The number of hydrogen-bond donors (Lipinski definition) is 4. The average Bonchev–Trinajstić information content (AvgIpc) is 2.91. The van der Waals surface area contributed by atoms with Crippen molar-refractivity contribution in [1.29, 1.82) is 0 Å². The molecular formula is C11H17N7OS. The van der Waals surface area contributed by atoms with Gasteiger partial charge in [-0.1, -0.05) is 0 Å². The molecule has 0 saturated heterocycles. The minimum atomic E-state index is -0.125. The second-order valence-corrected chi connectivity index (χ2v) is 5.13. The molecule has 5 N–H and O–H groups in total. The second-order valence-electron chi connectivity index (χ2n) is 4.23. The van der Waals surface area contributed by atoms with Crippen LogP contribution < -0.4 is 21.9 Å². The van der Waals surface area contributed by atoms with Crippen LogP contribution in [0.2, 0.25) is 0 Å². The minimum absolute atomic E-state index is 0.125. The first-order valence-electron chi connectivity index (χ1n) is 6.02. The van der Waals surface area contributed by atoms with E-state index in [9.17, 15) is 4.79 Å². The fraction of sp³-hybridized carbons (Fsp3) is 0.364. The van der Waals surface area contributed by atoms with Crippen LogP contribution in [0.3, 0.4) is 0 Å². The van der Waals surface area contributed by atoms with Gasteiger partial charge in [0.2, 0.25) is 5.95 Å². The van der Waals surface area contributed by atoms with Gasteiger partial charge in [-0.3, -0.25) is 5.43 Å². The van der Waals surface area contributed by atoms with E-state index in [1.54, 1.807) is 14.1 Å². The molecule has 20 heavy (non-hydrogen) atoms. The standard InChI is InChI=1S/C11H17N7OS/c1-18(2)11(19)14-5-4-13-8-7-3-6-20-9(7)16-10(15-8)17-12/h3,6H,4-5,12H2,1-2H3,(H,14,19)(H2,13,15,16,17). The summed E-state index contributed by atoms with van der Waals surface area (Å²) in [6.07, 6.45) is 0. The van der Waals surface area contributed by atoms with Gasteiger partial charge in [0, 0.05) is 27.2 Å². The van der Waals surface area contributed by atoms with Crippen LogP contribution in [-0.2, 0) is 0 Å². The number of nitrogens with zero attached hydrogens (tertiary/aromatic N) is 3. The maximum Gasteiger partial charge on any atom is 0.316 e. The Labute approximate surface area is 120 Å². The molecule has 2 amide bonds. The van der Waals surface area contributed by atoms with E-state index in [0.717, 1.165) is 10.2 Å². The van der Waals surface area contributed by atoms with Crippen LogP contribution in [0.15, 0.2) is 11.4 Å². The van der Waals surface area contributed by atoms with Crippen LogP contribution in [0.1, 0.15) is 0 Å². The van der Waals surface area contributed by atoms with Crippen LogP contribution in [0.25, 0.3) is 10.2 Å². The molecule has 0 unspecified atom stereocenters. The molecule has 2 heterocycles. The van der Waals surface area contributed by atoms with E-state index >= 15 is 0 Å². The molecule has 0 radical (unpaired) electrons. The Kier molecular flexibility index (Phi) is 4.53. The number of hydrogen-bond acceptors (Lipinski definition) is 7. The molecule has 0 aliphatic carbocycles. The summed E-state index contributed by atoms with van der Waals surface area (Å²) in [6, 6.07) is 1.82. The van der Waals surface area contributed by atoms with Crippen molar-refractivity contribution in [2.45, 2.75) is 0 Å². The fourth-order valence-electron chi connectivity index (χ4n) is 1.56. The van der Waals surface area contributed by atoms with Crippen LogP contribution in [-0.4, -0.2) is 48.1 Å². The molecule has 0 aliphatic heterocycles. The number of aromatic nitrogens is 2. The van der Waals surface area contributed by atoms with Gasteiger partial charge in [0.05, 0.1) is 5.39 Å². The Morgan fingerprint density at radius 2 is 2.20 bits per heavy atom. The smallest absolute Gasteiger partial charge is 0.316 e. The summed E-state index contributed by atoms with van der Waals surface area (Å²) in [6.45, 7) is 1.06. The summed E-state index contributed by atoms with van der Waals surface area (Å²) in [4.78, 5) is 22.2. The zero-order chi connectivity index (χ0) is 14.5. The SMILES string of the molecule is CN(C)C(=O)NCCNc1nc(NN)nc2sccc12. The molecule has 0 saturated carbocycles. The first-order chi connectivity index (χ1) is 9.61. The third-order valence-electron chi connectivity index (χ3n) is 2.55. The predicted octanol–water partition coefficient (Wildman–Crippen LogP) is 0.660. The van der Waals surface area contributed by atoms with E-state index in [-0.39, 0.29) is 6.03 Å². The molecule has 0 aliphatic rings. The quantitative estimate of drug-likeness (QED) is 0.367. The number of amides is 2. The Bertz CT molecular complexity index is 597. The predicted molar refractivity (Wildman–Crippen MR) is 80.8 cm³/mol. The number of urea groups is 1. The number of anilines is 2. The second kappa shape index (κ2) is 6.35. The highest BCUT2D eigenvalue weighted by Gasteiger charge is 2.08. The van der Waals surface area contributed by atoms with Crippen molar-refractivity contribution < 1.29 is 4.79 Å². The molecule has 0 fully saturated rings. The number of carbonyl (C=O) groups is 1. The zero-order valence-corrected chi connectivity index (χ0v) is 12.1.